The molecule has 200 valence electrons. The van der Waals surface area contributed by atoms with Crippen molar-refractivity contribution in [1.82, 2.24) is 30.5 Å². The van der Waals surface area contributed by atoms with E-state index in [1.165, 1.54) is 36.6 Å². The number of nitrogens with two attached hydrogens (primary N) is 1. The molecule has 5 N–H and O–H groups in total. The van der Waals surface area contributed by atoms with E-state index in [0.29, 0.717) is 5.65 Å². The molecule has 2 unspecified atom stereocenters. The maximum absolute atomic E-state index is 13.9. The van der Waals surface area contributed by atoms with Crippen molar-refractivity contribution in [2.24, 2.45) is 0 Å². The molecule has 10 heteroatoms. The number of ether oxygens (including phenoxy) is 1. The Hall–Kier alpha value is -2.74. The van der Waals surface area contributed by atoms with Crippen LogP contribution in [0.2, 0.25) is 0 Å². The first-order valence-electron chi connectivity index (χ1n) is 14.0. The van der Waals surface area contributed by atoms with Crippen molar-refractivity contribution in [3.63, 3.8) is 0 Å². The number of piperidine rings is 1. The Labute approximate surface area is 218 Å². The molecule has 5 rings (SSSR count). The zero-order chi connectivity index (χ0) is 25.7. The van der Waals surface area contributed by atoms with Crippen LogP contribution in [0, 0.1) is 11.3 Å². The quantitative estimate of drug-likeness (QED) is 0.482. The predicted octanol–water partition coefficient (Wildman–Crippen LogP) is 2.48. The number of carbonyl (C=O) groups is 1. The maximum atomic E-state index is 13.9. The van der Waals surface area contributed by atoms with Crippen molar-refractivity contribution in [3.05, 3.63) is 23.5 Å². The van der Waals surface area contributed by atoms with E-state index in [4.69, 9.17) is 15.7 Å². The monoisotopic (exact) mass is 508 g/mol. The van der Waals surface area contributed by atoms with Crippen LogP contribution in [0.3, 0.4) is 0 Å². The van der Waals surface area contributed by atoms with Crippen LogP contribution >= 0.6 is 0 Å². The number of nitrogens with one attached hydrogen (secondary N) is 3. The van der Waals surface area contributed by atoms with Gasteiger partial charge < -0.3 is 26.4 Å². The first-order valence-corrected chi connectivity index (χ1v) is 14.0. The van der Waals surface area contributed by atoms with Crippen LogP contribution in [0.1, 0.15) is 86.6 Å². The number of amides is 1. The molecular formula is C27H40N8O2. The van der Waals surface area contributed by atoms with Gasteiger partial charge in [0, 0.05) is 30.0 Å². The summed E-state index contributed by atoms with van der Waals surface area (Å²) in [5.41, 5.74) is 7.44. The minimum absolute atomic E-state index is 0.0729. The first kappa shape index (κ1) is 25.9. The van der Waals surface area contributed by atoms with Crippen molar-refractivity contribution in [2.45, 2.75) is 101 Å². The van der Waals surface area contributed by atoms with E-state index in [0.717, 1.165) is 63.7 Å². The van der Waals surface area contributed by atoms with Gasteiger partial charge >= 0.3 is 0 Å². The van der Waals surface area contributed by atoms with Gasteiger partial charge in [0.15, 0.2) is 11.5 Å². The van der Waals surface area contributed by atoms with Gasteiger partial charge in [-0.3, -0.25) is 4.79 Å². The van der Waals surface area contributed by atoms with E-state index in [1.54, 1.807) is 12.4 Å². The van der Waals surface area contributed by atoms with Crippen LogP contribution in [-0.4, -0.2) is 63.9 Å². The van der Waals surface area contributed by atoms with Gasteiger partial charge in [-0.1, -0.05) is 44.9 Å². The van der Waals surface area contributed by atoms with Gasteiger partial charge in [-0.15, -0.1) is 5.10 Å². The maximum Gasteiger partial charge on any atom is 0.259 e. The normalized spacial score (nSPS) is 26.6. The molecular weight excluding hydrogens is 468 g/mol. The summed E-state index contributed by atoms with van der Waals surface area (Å²) in [4.78, 5) is 18.3. The third-order valence-corrected chi connectivity index (χ3v) is 8.35. The number of nitrogen functional groups attached to an aromatic ring is 1. The molecule has 10 nitrogen and oxygen atoms in total. The number of hydrogen-bond acceptors (Lipinski definition) is 8. The highest BCUT2D eigenvalue weighted by molar-refractivity contribution is 6.04. The van der Waals surface area contributed by atoms with Crippen LogP contribution in [0.5, 0.6) is 0 Å². The number of carbonyl (C=O) groups excluding carboxylic acids is 1. The fraction of sp³-hybridized carbons (Fsp3) is 0.704. The largest absolute Gasteiger partial charge is 0.381 e. The van der Waals surface area contributed by atoms with Crippen molar-refractivity contribution in [1.29, 1.82) is 5.26 Å². The predicted molar refractivity (Wildman–Crippen MR) is 141 cm³/mol. The number of fused-ring (bicyclic) bond motifs is 1. The fourth-order valence-electron chi connectivity index (χ4n) is 6.45. The molecule has 0 radical (unpaired) electrons. The number of rotatable bonds is 5. The molecule has 0 aromatic carbocycles. The van der Waals surface area contributed by atoms with Crippen LogP contribution in [0.15, 0.2) is 12.4 Å². The summed E-state index contributed by atoms with van der Waals surface area (Å²) < 4.78 is 8.19. The van der Waals surface area contributed by atoms with Crippen molar-refractivity contribution >= 4 is 17.4 Å². The average molecular weight is 509 g/mol. The van der Waals surface area contributed by atoms with E-state index >= 15 is 0 Å². The molecule has 4 heterocycles. The summed E-state index contributed by atoms with van der Waals surface area (Å²) in [6.07, 6.45) is 16.1. The van der Waals surface area contributed by atoms with Crippen molar-refractivity contribution < 1.29 is 9.53 Å². The number of aromatic nitrogens is 3. The highest BCUT2D eigenvalue weighted by Crippen LogP contribution is 2.35. The summed E-state index contributed by atoms with van der Waals surface area (Å²) in [5.74, 6) is -0.128. The van der Waals surface area contributed by atoms with E-state index in [2.05, 4.69) is 32.1 Å². The van der Waals surface area contributed by atoms with Gasteiger partial charge in [0.2, 0.25) is 0 Å². The zero-order valence-electron chi connectivity index (χ0n) is 21.7. The zero-order valence-corrected chi connectivity index (χ0v) is 21.7. The summed E-state index contributed by atoms with van der Waals surface area (Å²) in [6, 6.07) is 1.94. The lowest BCUT2D eigenvalue weighted by atomic mass is 9.74. The minimum atomic E-state index is -0.267. The van der Waals surface area contributed by atoms with Gasteiger partial charge in [-0.05, 0) is 38.8 Å². The third kappa shape index (κ3) is 5.74. The van der Waals surface area contributed by atoms with Crippen LogP contribution in [0.25, 0.3) is 5.65 Å². The highest BCUT2D eigenvalue weighted by atomic mass is 16.5. The summed E-state index contributed by atoms with van der Waals surface area (Å²) in [7, 11) is 0. The highest BCUT2D eigenvalue weighted by Gasteiger charge is 2.47. The first-order chi connectivity index (χ1) is 18.1. The van der Waals surface area contributed by atoms with Gasteiger partial charge in [0.05, 0.1) is 30.7 Å². The molecule has 37 heavy (non-hydrogen) atoms. The van der Waals surface area contributed by atoms with Crippen molar-refractivity contribution in [2.75, 3.05) is 25.4 Å². The molecule has 2 aliphatic heterocycles. The molecule has 2 aromatic heterocycles. The summed E-state index contributed by atoms with van der Waals surface area (Å²) in [5, 5.41) is 24.0. The Kier molecular flexibility index (Phi) is 8.23. The second-order valence-corrected chi connectivity index (χ2v) is 10.9. The number of nitriles is 1. The van der Waals surface area contributed by atoms with Crippen LogP contribution < -0.4 is 21.7 Å². The number of nitrogens with zero attached hydrogens (tertiary/aromatic N) is 4. The molecule has 3 aliphatic rings. The third-order valence-electron chi connectivity index (χ3n) is 8.35. The standard InChI is InChI=1S/C27H40N8O2/c28-13-8-19-16-31-25-22(24(29)34-35(25)18-19)26(36)33-23-21(37-20-9-14-30-17-20)10-15-32-27(23)11-6-4-2-1-3-5-7-12-27/h16,18,20-21,23,30,32H,1-12,14-15,17H2,(H2,29,34)(H,33,36)/t20-,21?,23?/m1/s1. The molecule has 0 bridgehead atoms. The van der Waals surface area contributed by atoms with Crippen molar-refractivity contribution in [3.8, 4) is 6.07 Å². The van der Waals surface area contributed by atoms with Gasteiger partial charge in [0.25, 0.3) is 5.91 Å². The van der Waals surface area contributed by atoms with E-state index in [9.17, 15) is 4.79 Å². The summed E-state index contributed by atoms with van der Waals surface area (Å²) >= 11 is 0. The lowest BCUT2D eigenvalue weighted by molar-refractivity contribution is -0.0637. The molecule has 3 fully saturated rings. The Balaban J connectivity index is 1.45. The molecule has 1 amide bonds. The van der Waals surface area contributed by atoms with Gasteiger partial charge in [-0.25, -0.2) is 9.50 Å². The van der Waals surface area contributed by atoms with Gasteiger partial charge in [0.1, 0.15) is 5.56 Å². The molecule has 1 saturated carbocycles. The Morgan fingerprint density at radius 3 is 2.65 bits per heavy atom. The van der Waals surface area contributed by atoms with Crippen LogP contribution in [0.4, 0.5) is 5.82 Å². The average Bonchev–Trinajstić information content (AvgIpc) is 3.52. The Bertz CT molecular complexity index is 1110. The smallest absolute Gasteiger partial charge is 0.259 e. The number of anilines is 1. The second-order valence-electron chi connectivity index (χ2n) is 10.9. The molecule has 3 atom stereocenters. The molecule has 2 aromatic rings. The van der Waals surface area contributed by atoms with Gasteiger partial charge in [-0.2, -0.15) is 5.26 Å². The molecule has 2 saturated heterocycles. The van der Waals surface area contributed by atoms with E-state index in [1.807, 2.05) is 0 Å². The summed E-state index contributed by atoms with van der Waals surface area (Å²) in [6.45, 7) is 2.71. The SMILES string of the molecule is N#CCc1cnc2c(C(=O)NC3C(O[C@@H]4CCNC4)CCNC34CCCCCCCCC4)c(N)nn2c1. The van der Waals surface area contributed by atoms with Crippen LogP contribution in [-0.2, 0) is 11.2 Å². The Morgan fingerprint density at radius 1 is 1.19 bits per heavy atom. The molecule has 1 aliphatic carbocycles. The lowest BCUT2D eigenvalue weighted by Crippen LogP contribution is -2.69. The Morgan fingerprint density at radius 2 is 1.95 bits per heavy atom. The second kappa shape index (κ2) is 11.8. The number of hydrogen-bond donors (Lipinski definition) is 4. The fourth-order valence-corrected chi connectivity index (χ4v) is 6.45. The molecule has 1 spiro atoms. The topological polar surface area (TPSA) is 142 Å². The lowest BCUT2D eigenvalue weighted by Gasteiger charge is -2.50. The van der Waals surface area contributed by atoms with E-state index in [-0.39, 0.29) is 47.5 Å². The minimum Gasteiger partial charge on any atom is -0.381 e. The van der Waals surface area contributed by atoms with E-state index < -0.39 is 0 Å².